The monoisotopic (exact) mass is 411 g/mol. The van der Waals surface area contributed by atoms with Gasteiger partial charge in [0.25, 0.3) is 0 Å². The Morgan fingerprint density at radius 1 is 0.839 bits per heavy atom. The van der Waals surface area contributed by atoms with Crippen LogP contribution in [0.2, 0.25) is 0 Å². The number of benzene rings is 4. The van der Waals surface area contributed by atoms with Crippen LogP contribution in [0.1, 0.15) is 16.7 Å². The van der Waals surface area contributed by atoms with Gasteiger partial charge in [-0.3, -0.25) is 0 Å². The van der Waals surface area contributed by atoms with Crippen LogP contribution in [0.4, 0.5) is 5.69 Å². The van der Waals surface area contributed by atoms with Crippen LogP contribution < -0.4 is 19.5 Å². The zero-order chi connectivity index (χ0) is 21.0. The van der Waals surface area contributed by atoms with E-state index in [2.05, 4.69) is 72.9 Å². The fraction of sp³-hybridized carbons (Fsp3) is 0.185. The van der Waals surface area contributed by atoms with Gasteiger partial charge in [0.15, 0.2) is 11.5 Å². The van der Waals surface area contributed by atoms with Crippen molar-refractivity contribution in [1.82, 2.24) is 0 Å². The molecule has 4 aromatic carbocycles. The summed E-state index contributed by atoms with van der Waals surface area (Å²) in [6.45, 7) is 4.46. The third kappa shape index (κ3) is 4.29. The van der Waals surface area contributed by atoms with Crippen LogP contribution >= 0.6 is 0 Å². The van der Waals surface area contributed by atoms with Gasteiger partial charge in [0.05, 0.1) is 0 Å². The minimum Gasteiger partial charge on any atom is -0.489 e. The fourth-order valence-corrected chi connectivity index (χ4v) is 3.94. The minimum absolute atomic E-state index is 0.539. The molecule has 0 radical (unpaired) electrons. The fourth-order valence-electron chi connectivity index (χ4n) is 3.94. The second kappa shape index (κ2) is 8.60. The second-order valence-corrected chi connectivity index (χ2v) is 7.75. The maximum atomic E-state index is 6.28. The highest BCUT2D eigenvalue weighted by Crippen LogP contribution is 2.34. The van der Waals surface area contributed by atoms with E-state index in [0.29, 0.717) is 26.4 Å². The van der Waals surface area contributed by atoms with Crippen molar-refractivity contribution in [1.29, 1.82) is 0 Å². The third-order valence-corrected chi connectivity index (χ3v) is 5.49. The van der Waals surface area contributed by atoms with Crippen molar-refractivity contribution >= 4 is 16.5 Å². The molecule has 4 aromatic rings. The summed E-state index contributed by atoms with van der Waals surface area (Å²) in [4.78, 5) is 0. The molecule has 5 rings (SSSR count). The first-order chi connectivity index (χ1) is 15.3. The predicted molar refractivity (Wildman–Crippen MR) is 124 cm³/mol. The number of hydrogen-bond donors (Lipinski definition) is 1. The van der Waals surface area contributed by atoms with E-state index in [-0.39, 0.29) is 0 Å². The van der Waals surface area contributed by atoms with E-state index in [1.807, 2.05) is 18.2 Å². The zero-order valence-corrected chi connectivity index (χ0v) is 17.6. The Balaban J connectivity index is 1.41. The second-order valence-electron chi connectivity index (χ2n) is 7.75. The van der Waals surface area contributed by atoms with Crippen molar-refractivity contribution in [2.45, 2.75) is 20.1 Å². The summed E-state index contributed by atoms with van der Waals surface area (Å²) in [7, 11) is 0. The SMILES string of the molecule is Cc1cccc(COc2ccc3ccccc3c2CNc2ccc3c(c2)OCCO3)c1. The predicted octanol–water partition coefficient (Wildman–Crippen LogP) is 6.11. The Morgan fingerprint density at radius 2 is 1.71 bits per heavy atom. The van der Waals surface area contributed by atoms with E-state index >= 15 is 0 Å². The summed E-state index contributed by atoms with van der Waals surface area (Å²) in [6, 6.07) is 27.0. The van der Waals surface area contributed by atoms with Gasteiger partial charge >= 0.3 is 0 Å². The highest BCUT2D eigenvalue weighted by molar-refractivity contribution is 5.88. The number of rotatable bonds is 6. The molecule has 0 unspecified atom stereocenters. The van der Waals surface area contributed by atoms with Crippen molar-refractivity contribution in [3.05, 3.63) is 95.6 Å². The molecule has 0 aliphatic carbocycles. The van der Waals surface area contributed by atoms with Gasteiger partial charge in [-0.15, -0.1) is 0 Å². The summed E-state index contributed by atoms with van der Waals surface area (Å²) < 4.78 is 17.6. The molecule has 1 heterocycles. The lowest BCUT2D eigenvalue weighted by atomic mass is 10.0. The van der Waals surface area contributed by atoms with E-state index in [4.69, 9.17) is 14.2 Å². The molecule has 0 bridgehead atoms. The van der Waals surface area contributed by atoms with Gasteiger partial charge in [-0.05, 0) is 41.5 Å². The zero-order valence-electron chi connectivity index (χ0n) is 17.6. The molecule has 0 aromatic heterocycles. The Labute approximate surface area is 182 Å². The van der Waals surface area contributed by atoms with Crippen LogP contribution in [0, 0.1) is 6.92 Å². The molecule has 0 fully saturated rings. The molecule has 0 spiro atoms. The largest absolute Gasteiger partial charge is 0.489 e. The quantitative estimate of drug-likeness (QED) is 0.415. The first kappa shape index (κ1) is 19.3. The summed E-state index contributed by atoms with van der Waals surface area (Å²) in [5.74, 6) is 2.47. The minimum atomic E-state index is 0.539. The van der Waals surface area contributed by atoms with Gasteiger partial charge in [0.1, 0.15) is 25.6 Å². The van der Waals surface area contributed by atoms with Crippen LogP contribution in [0.15, 0.2) is 78.9 Å². The van der Waals surface area contributed by atoms with E-state index in [0.717, 1.165) is 28.5 Å². The van der Waals surface area contributed by atoms with Crippen LogP contribution in [-0.2, 0) is 13.2 Å². The van der Waals surface area contributed by atoms with Crippen LogP contribution in [0.3, 0.4) is 0 Å². The summed E-state index contributed by atoms with van der Waals surface area (Å²) >= 11 is 0. The Hall–Kier alpha value is -3.66. The smallest absolute Gasteiger partial charge is 0.163 e. The lowest BCUT2D eigenvalue weighted by Crippen LogP contribution is -2.15. The van der Waals surface area contributed by atoms with Gasteiger partial charge in [0.2, 0.25) is 0 Å². The summed E-state index contributed by atoms with van der Waals surface area (Å²) in [6.07, 6.45) is 0. The average Bonchev–Trinajstić information content (AvgIpc) is 2.81. The number of anilines is 1. The van der Waals surface area contributed by atoms with Crippen LogP contribution in [0.5, 0.6) is 17.2 Å². The molecule has 1 aliphatic rings. The summed E-state index contributed by atoms with van der Waals surface area (Å²) in [5, 5.41) is 5.92. The van der Waals surface area contributed by atoms with Crippen molar-refractivity contribution < 1.29 is 14.2 Å². The first-order valence-corrected chi connectivity index (χ1v) is 10.6. The molecule has 0 saturated heterocycles. The highest BCUT2D eigenvalue weighted by Gasteiger charge is 2.13. The topological polar surface area (TPSA) is 39.7 Å². The molecular formula is C27H25NO3. The lowest BCUT2D eigenvalue weighted by Gasteiger charge is -2.20. The maximum Gasteiger partial charge on any atom is 0.163 e. The maximum absolute atomic E-state index is 6.28. The third-order valence-electron chi connectivity index (χ3n) is 5.49. The first-order valence-electron chi connectivity index (χ1n) is 10.6. The standard InChI is InChI=1S/C27H25NO3/c1-19-5-4-6-20(15-19)18-31-25-11-9-21-7-2-3-8-23(21)24(25)17-28-22-10-12-26-27(16-22)30-14-13-29-26/h2-12,15-16,28H,13-14,17-18H2,1H3. The van der Waals surface area contributed by atoms with E-state index in [1.165, 1.54) is 21.9 Å². The van der Waals surface area contributed by atoms with Crippen molar-refractivity contribution in [3.8, 4) is 17.2 Å². The Kier molecular flexibility index (Phi) is 5.36. The lowest BCUT2D eigenvalue weighted by molar-refractivity contribution is 0.171. The molecule has 0 amide bonds. The number of ether oxygens (including phenoxy) is 3. The average molecular weight is 412 g/mol. The van der Waals surface area contributed by atoms with E-state index in [9.17, 15) is 0 Å². The number of fused-ring (bicyclic) bond motifs is 2. The van der Waals surface area contributed by atoms with Crippen LogP contribution in [0.25, 0.3) is 10.8 Å². The van der Waals surface area contributed by atoms with Gasteiger partial charge in [-0.1, -0.05) is 60.2 Å². The Bertz CT molecular complexity index is 1220. The molecule has 1 N–H and O–H groups in total. The van der Waals surface area contributed by atoms with Gasteiger partial charge in [0, 0.05) is 23.9 Å². The molecule has 156 valence electrons. The Morgan fingerprint density at radius 3 is 2.61 bits per heavy atom. The number of hydrogen-bond acceptors (Lipinski definition) is 4. The van der Waals surface area contributed by atoms with Crippen molar-refractivity contribution in [2.24, 2.45) is 0 Å². The number of aryl methyl sites for hydroxylation is 1. The number of nitrogens with one attached hydrogen (secondary N) is 1. The highest BCUT2D eigenvalue weighted by atomic mass is 16.6. The van der Waals surface area contributed by atoms with Gasteiger partial charge < -0.3 is 19.5 Å². The van der Waals surface area contributed by atoms with Crippen molar-refractivity contribution in [3.63, 3.8) is 0 Å². The molecule has 31 heavy (non-hydrogen) atoms. The van der Waals surface area contributed by atoms with Crippen LogP contribution in [-0.4, -0.2) is 13.2 Å². The summed E-state index contributed by atoms with van der Waals surface area (Å²) in [5.41, 5.74) is 4.53. The molecule has 4 heteroatoms. The van der Waals surface area contributed by atoms with Gasteiger partial charge in [-0.2, -0.15) is 0 Å². The molecular weight excluding hydrogens is 386 g/mol. The normalized spacial score (nSPS) is 12.5. The van der Waals surface area contributed by atoms with Crippen molar-refractivity contribution in [2.75, 3.05) is 18.5 Å². The molecule has 1 aliphatic heterocycles. The molecule has 0 atom stereocenters. The van der Waals surface area contributed by atoms with Gasteiger partial charge in [-0.25, -0.2) is 0 Å². The molecule has 0 saturated carbocycles. The van der Waals surface area contributed by atoms with E-state index in [1.54, 1.807) is 0 Å². The molecule has 4 nitrogen and oxygen atoms in total. The van der Waals surface area contributed by atoms with E-state index < -0.39 is 0 Å².